The number of rotatable bonds is 16. The van der Waals surface area contributed by atoms with Crippen LogP contribution in [0.15, 0.2) is 60.7 Å². The molecule has 0 atom stereocenters. The summed E-state index contributed by atoms with van der Waals surface area (Å²) in [5, 5.41) is 2.63. The lowest BCUT2D eigenvalue weighted by molar-refractivity contribution is 0.302. The Morgan fingerprint density at radius 1 is 0.537 bits per heavy atom. The van der Waals surface area contributed by atoms with Gasteiger partial charge in [-0.2, -0.15) is 0 Å². The molecule has 0 nitrogen and oxygen atoms in total. The van der Waals surface area contributed by atoms with Crippen LogP contribution in [0.4, 0.5) is 0 Å². The van der Waals surface area contributed by atoms with E-state index in [2.05, 4.69) is 86.4 Å². The topological polar surface area (TPSA) is 0 Å². The predicted molar refractivity (Wildman–Crippen MR) is 181 cm³/mol. The highest BCUT2D eigenvalue weighted by Crippen LogP contribution is 2.37. The Morgan fingerprint density at radius 3 is 1.80 bits per heavy atom. The fraction of sp³-hybridized carbons (Fsp3) is 0.561. The lowest BCUT2D eigenvalue weighted by Gasteiger charge is -2.29. The standard InChI is InChI=1S/C41H56/c1-3-5-7-9-11-13-14-16-34-20-26-38(27-21-34)39-28-22-35(23-29-39)18-19-37-25-31-40-32-36(24-30-41(40)33-37)17-15-12-10-8-6-4-2/h22-25,28-34,38H,3-17,20-21,26-27H2,1-2H3. The highest BCUT2D eigenvalue weighted by atomic mass is 14.3. The third kappa shape index (κ3) is 11.0. The number of aryl methyl sites for hydroxylation is 1. The Balaban J connectivity index is 1.20. The van der Waals surface area contributed by atoms with Crippen molar-refractivity contribution in [1.82, 2.24) is 0 Å². The Hall–Kier alpha value is -2.52. The maximum atomic E-state index is 3.42. The average Bonchev–Trinajstić information content (AvgIpc) is 3.02. The Bertz CT molecular complexity index is 1200. The molecule has 0 N–H and O–H groups in total. The lowest BCUT2D eigenvalue weighted by atomic mass is 9.77. The summed E-state index contributed by atoms with van der Waals surface area (Å²) in [5.41, 5.74) is 5.21. The zero-order valence-electron chi connectivity index (χ0n) is 26.4. The van der Waals surface area contributed by atoms with Gasteiger partial charge < -0.3 is 0 Å². The van der Waals surface area contributed by atoms with E-state index in [9.17, 15) is 0 Å². The van der Waals surface area contributed by atoms with Crippen molar-refractivity contribution >= 4 is 10.8 Å². The van der Waals surface area contributed by atoms with Crippen molar-refractivity contribution in [1.29, 1.82) is 0 Å². The van der Waals surface area contributed by atoms with E-state index >= 15 is 0 Å². The summed E-state index contributed by atoms with van der Waals surface area (Å²) in [5.74, 6) is 8.55. The van der Waals surface area contributed by atoms with Gasteiger partial charge in [0.05, 0.1) is 0 Å². The number of unbranched alkanes of at least 4 members (excludes halogenated alkanes) is 11. The molecule has 1 fully saturated rings. The van der Waals surface area contributed by atoms with Crippen LogP contribution in [0.25, 0.3) is 10.8 Å². The Morgan fingerprint density at radius 2 is 1.10 bits per heavy atom. The van der Waals surface area contributed by atoms with Crippen molar-refractivity contribution in [3.8, 4) is 11.8 Å². The van der Waals surface area contributed by atoms with Crippen molar-refractivity contribution < 1.29 is 0 Å². The molecule has 0 heteroatoms. The van der Waals surface area contributed by atoms with Gasteiger partial charge in [0.2, 0.25) is 0 Å². The summed E-state index contributed by atoms with van der Waals surface area (Å²) in [4.78, 5) is 0. The van der Waals surface area contributed by atoms with Gasteiger partial charge in [-0.3, -0.25) is 0 Å². The molecule has 41 heavy (non-hydrogen) atoms. The molecule has 1 aliphatic carbocycles. The van der Waals surface area contributed by atoms with Gasteiger partial charge >= 0.3 is 0 Å². The summed E-state index contributed by atoms with van der Waals surface area (Å²) < 4.78 is 0. The van der Waals surface area contributed by atoms with E-state index in [0.717, 1.165) is 23.0 Å². The molecule has 0 bridgehead atoms. The van der Waals surface area contributed by atoms with Crippen molar-refractivity contribution in [2.75, 3.05) is 0 Å². The number of hydrogen-bond donors (Lipinski definition) is 0. The molecular formula is C41H56. The second-order valence-corrected chi connectivity index (χ2v) is 12.9. The van der Waals surface area contributed by atoms with Gasteiger partial charge in [0.15, 0.2) is 0 Å². The SMILES string of the molecule is CCCCCCCCCC1CCC(c2ccc(C#Cc3ccc4cc(CCCCCCCC)ccc4c3)cc2)CC1. The third-order valence-corrected chi connectivity index (χ3v) is 9.52. The monoisotopic (exact) mass is 548 g/mol. The van der Waals surface area contributed by atoms with Crippen molar-refractivity contribution in [2.24, 2.45) is 5.92 Å². The summed E-state index contributed by atoms with van der Waals surface area (Å²) in [7, 11) is 0. The zero-order valence-corrected chi connectivity index (χ0v) is 26.4. The van der Waals surface area contributed by atoms with E-state index in [4.69, 9.17) is 0 Å². The number of fused-ring (bicyclic) bond motifs is 1. The summed E-state index contributed by atoms with van der Waals surface area (Å²) in [6.07, 6.45) is 26.4. The molecule has 0 radical (unpaired) electrons. The van der Waals surface area contributed by atoms with Crippen LogP contribution in [0.3, 0.4) is 0 Å². The van der Waals surface area contributed by atoms with E-state index in [1.54, 1.807) is 0 Å². The van der Waals surface area contributed by atoms with E-state index in [1.165, 1.54) is 144 Å². The van der Waals surface area contributed by atoms with E-state index in [-0.39, 0.29) is 0 Å². The largest absolute Gasteiger partial charge is 0.0654 e. The average molecular weight is 549 g/mol. The van der Waals surface area contributed by atoms with Gasteiger partial charge in [0, 0.05) is 11.1 Å². The molecule has 0 unspecified atom stereocenters. The first-order valence-electron chi connectivity index (χ1n) is 17.4. The summed E-state index contributed by atoms with van der Waals surface area (Å²) >= 11 is 0. The first kappa shape index (κ1) is 31.4. The minimum absolute atomic E-state index is 0.744. The molecule has 3 aromatic carbocycles. The van der Waals surface area contributed by atoms with E-state index in [1.807, 2.05) is 0 Å². The molecule has 4 rings (SSSR count). The van der Waals surface area contributed by atoms with Crippen LogP contribution < -0.4 is 0 Å². The minimum Gasteiger partial charge on any atom is -0.0654 e. The molecule has 0 saturated heterocycles. The normalized spacial score (nSPS) is 16.9. The number of hydrogen-bond acceptors (Lipinski definition) is 0. The smallest absolute Gasteiger partial charge is 0.0255 e. The number of benzene rings is 3. The molecule has 3 aromatic rings. The molecule has 0 spiro atoms. The predicted octanol–water partition coefficient (Wildman–Crippen LogP) is 12.6. The van der Waals surface area contributed by atoms with Crippen LogP contribution in [0.2, 0.25) is 0 Å². The van der Waals surface area contributed by atoms with Crippen LogP contribution in [0.5, 0.6) is 0 Å². The lowest BCUT2D eigenvalue weighted by Crippen LogP contribution is -2.13. The molecule has 1 aliphatic rings. The van der Waals surface area contributed by atoms with E-state index in [0.29, 0.717) is 0 Å². The first-order valence-corrected chi connectivity index (χ1v) is 17.4. The van der Waals surface area contributed by atoms with Crippen LogP contribution in [-0.4, -0.2) is 0 Å². The fourth-order valence-corrected chi connectivity index (χ4v) is 6.80. The Labute approximate surface area is 252 Å². The highest BCUT2D eigenvalue weighted by molar-refractivity contribution is 5.84. The maximum Gasteiger partial charge on any atom is 0.0255 e. The van der Waals surface area contributed by atoms with Gasteiger partial charge in [0.25, 0.3) is 0 Å². The third-order valence-electron chi connectivity index (χ3n) is 9.52. The Kier molecular flexibility index (Phi) is 13.9. The minimum atomic E-state index is 0.744. The van der Waals surface area contributed by atoms with Gasteiger partial charge in [-0.05, 0) is 96.5 Å². The van der Waals surface area contributed by atoms with E-state index < -0.39 is 0 Å². The van der Waals surface area contributed by atoms with Gasteiger partial charge in [-0.15, -0.1) is 0 Å². The van der Waals surface area contributed by atoms with Gasteiger partial charge in [0.1, 0.15) is 0 Å². The second-order valence-electron chi connectivity index (χ2n) is 12.9. The first-order chi connectivity index (χ1) is 20.2. The van der Waals surface area contributed by atoms with Crippen LogP contribution in [-0.2, 0) is 6.42 Å². The highest BCUT2D eigenvalue weighted by Gasteiger charge is 2.22. The zero-order chi connectivity index (χ0) is 28.5. The summed E-state index contributed by atoms with van der Waals surface area (Å²) in [6, 6.07) is 22.8. The summed E-state index contributed by atoms with van der Waals surface area (Å²) in [6.45, 7) is 4.59. The van der Waals surface area contributed by atoms with Crippen LogP contribution in [0, 0.1) is 17.8 Å². The molecule has 0 aromatic heterocycles. The quantitative estimate of drug-likeness (QED) is 0.123. The van der Waals surface area contributed by atoms with Crippen LogP contribution in [0.1, 0.15) is 158 Å². The fourth-order valence-electron chi connectivity index (χ4n) is 6.80. The molecule has 0 aliphatic heterocycles. The van der Waals surface area contributed by atoms with Crippen molar-refractivity contribution in [3.05, 3.63) is 82.9 Å². The van der Waals surface area contributed by atoms with Crippen LogP contribution >= 0.6 is 0 Å². The molecule has 220 valence electrons. The van der Waals surface area contributed by atoms with Crippen molar-refractivity contribution in [3.63, 3.8) is 0 Å². The molecule has 0 heterocycles. The van der Waals surface area contributed by atoms with Gasteiger partial charge in [-0.25, -0.2) is 0 Å². The van der Waals surface area contributed by atoms with Crippen molar-refractivity contribution in [2.45, 2.75) is 142 Å². The molecular weight excluding hydrogens is 492 g/mol. The van der Waals surface area contributed by atoms with Gasteiger partial charge in [-0.1, -0.05) is 146 Å². The second kappa shape index (κ2) is 18.1. The molecule has 0 amide bonds. The maximum absolute atomic E-state index is 3.42. The molecule has 1 saturated carbocycles.